The van der Waals surface area contributed by atoms with Crippen LogP contribution >= 0.6 is 0 Å². The van der Waals surface area contributed by atoms with Gasteiger partial charge in [-0.25, -0.2) is 32.2 Å². The van der Waals surface area contributed by atoms with E-state index in [-0.39, 0.29) is 80.3 Å². The summed E-state index contributed by atoms with van der Waals surface area (Å²) in [5.74, 6) is -1.54. The third kappa shape index (κ3) is 5.49. The molecular weight excluding hydrogens is 665 g/mol. The maximum absolute atomic E-state index is 15.0. The highest BCUT2D eigenvalue weighted by molar-refractivity contribution is 7.91. The smallest absolute Gasteiger partial charge is 0.457 e. The number of hydrogen-bond acceptors (Lipinski definition) is 13. The summed E-state index contributed by atoms with van der Waals surface area (Å²) in [6.45, 7) is 2.68. The van der Waals surface area contributed by atoms with Crippen LogP contribution in [-0.4, -0.2) is 79.0 Å². The van der Waals surface area contributed by atoms with Crippen LogP contribution in [0.4, 0.5) is 14.0 Å². The molecule has 2 atom stereocenters. The lowest BCUT2D eigenvalue weighted by Gasteiger charge is -2.35. The Hall–Kier alpha value is -4.61. The van der Waals surface area contributed by atoms with Crippen LogP contribution in [-0.2, 0) is 58.9 Å². The summed E-state index contributed by atoms with van der Waals surface area (Å²) in [6.07, 6.45) is -1.01. The molecule has 1 saturated heterocycles. The highest BCUT2D eigenvalue weighted by Gasteiger charge is 2.51. The van der Waals surface area contributed by atoms with Crippen molar-refractivity contribution < 1.29 is 46.2 Å². The number of rotatable bonds is 6. The number of pyridine rings is 2. The minimum atomic E-state index is -3.15. The van der Waals surface area contributed by atoms with E-state index >= 15 is 0 Å². The Bertz CT molecular complexity index is 2110. The first-order valence-electron chi connectivity index (χ1n) is 15.9. The molecule has 1 fully saturated rings. The van der Waals surface area contributed by atoms with Gasteiger partial charge in [-0.2, -0.15) is 0 Å². The molecule has 2 aromatic heterocycles. The fourth-order valence-electron chi connectivity index (χ4n) is 7.14. The molecule has 260 valence electrons. The summed E-state index contributed by atoms with van der Waals surface area (Å²) in [5, 5.41) is 4.41. The molecule has 0 unspecified atom stereocenters. The molecule has 3 N–H and O–H groups in total. The van der Waals surface area contributed by atoms with Crippen molar-refractivity contribution >= 4 is 39.0 Å². The van der Waals surface area contributed by atoms with Crippen molar-refractivity contribution in [2.24, 2.45) is 5.73 Å². The van der Waals surface area contributed by atoms with Gasteiger partial charge in [-0.05, 0) is 48.9 Å². The number of ether oxygens (including phenoxy) is 3. The van der Waals surface area contributed by atoms with Gasteiger partial charge < -0.3 is 34.7 Å². The topological polar surface area (TPSA) is 198 Å². The minimum Gasteiger partial charge on any atom is -0.457 e. The summed E-state index contributed by atoms with van der Waals surface area (Å²) >= 11 is 0. The van der Waals surface area contributed by atoms with Gasteiger partial charge in [0.25, 0.3) is 5.56 Å². The highest BCUT2D eigenvalue weighted by Crippen LogP contribution is 2.46. The van der Waals surface area contributed by atoms with Gasteiger partial charge in [0.15, 0.2) is 9.84 Å². The van der Waals surface area contributed by atoms with Crippen molar-refractivity contribution in [2.75, 3.05) is 37.7 Å². The number of nitrogens with one attached hydrogen (secondary N) is 1. The number of hydroxylamine groups is 2. The first-order chi connectivity index (χ1) is 23.3. The number of aryl methyl sites for hydroxylation is 1. The Kier molecular flexibility index (Phi) is 8.10. The largest absolute Gasteiger partial charge is 0.509 e. The van der Waals surface area contributed by atoms with E-state index in [0.717, 1.165) is 22.1 Å². The Morgan fingerprint density at radius 3 is 2.67 bits per heavy atom. The van der Waals surface area contributed by atoms with Crippen molar-refractivity contribution in [1.29, 1.82) is 0 Å². The van der Waals surface area contributed by atoms with E-state index in [4.69, 9.17) is 29.8 Å². The van der Waals surface area contributed by atoms with E-state index in [0.29, 0.717) is 35.3 Å². The number of nitrogens with two attached hydrogens (primary N) is 1. The molecule has 0 saturated carbocycles. The number of sulfone groups is 1. The summed E-state index contributed by atoms with van der Waals surface area (Å²) < 4.78 is 55.7. The van der Waals surface area contributed by atoms with Crippen molar-refractivity contribution in [3.05, 3.63) is 61.7 Å². The van der Waals surface area contributed by atoms with Crippen molar-refractivity contribution in [2.45, 2.75) is 57.9 Å². The Balaban J connectivity index is 1.13. The van der Waals surface area contributed by atoms with Crippen LogP contribution in [0.1, 0.15) is 59.2 Å². The number of halogens is 1. The Morgan fingerprint density at radius 1 is 1.18 bits per heavy atom. The lowest BCUT2D eigenvalue weighted by Crippen LogP contribution is -2.47. The molecule has 7 rings (SSSR count). The first-order valence-corrected chi connectivity index (χ1v) is 17.8. The van der Waals surface area contributed by atoms with Crippen molar-refractivity contribution in [1.82, 2.24) is 19.9 Å². The molecule has 5 heterocycles. The fraction of sp³-hybridized carbons (Fsp3) is 0.469. The van der Waals surface area contributed by atoms with Crippen LogP contribution in [0.2, 0.25) is 0 Å². The molecule has 0 spiro atoms. The molecule has 49 heavy (non-hydrogen) atoms. The second-order valence-corrected chi connectivity index (χ2v) is 14.8. The fourth-order valence-corrected chi connectivity index (χ4v) is 8.31. The third-order valence-electron chi connectivity index (χ3n) is 9.75. The summed E-state index contributed by atoms with van der Waals surface area (Å²) in [4.78, 5) is 62.2. The second kappa shape index (κ2) is 12.1. The van der Waals surface area contributed by atoms with E-state index in [9.17, 15) is 32.0 Å². The van der Waals surface area contributed by atoms with Crippen LogP contribution in [0.15, 0.2) is 16.9 Å². The number of fused-ring (bicyclic) bond motifs is 5. The number of carbonyl (C=O) groups is 3. The van der Waals surface area contributed by atoms with Gasteiger partial charge in [0.1, 0.15) is 19.0 Å². The molecule has 17 heteroatoms. The number of nitrogens with zero attached hydrogens (tertiary/aromatic N) is 3. The predicted octanol–water partition coefficient (Wildman–Crippen LogP) is 2.01. The van der Waals surface area contributed by atoms with Crippen LogP contribution < -0.4 is 16.6 Å². The standard InChI is InChI=1S/C32H34FN5O10S/c1-3-32(47-31(42)45-9-6-35-30(41)48-37-7-10-49(43,44)11-8-37)20-12-24-27-18(14-38(24)28(39)19(20)15-46-29(32)40)25-22(34)5-4-17-16(2)21(33)13-23(36-27)26(17)25/h12-13,22H,3-11,14-15,34H2,1-2H3,(H,35,41)/t22-,32-/m0/s1. The SMILES string of the molecule is CC[C@@]1(OC(=O)OCCNC(=O)ON2CCS(=O)(=O)CC2)C(=O)OCc2c1cc1n(c2=O)Cc2c-1nc1cc(F)c(C)c3c1c2[C@@H](N)CC3. The third-order valence-corrected chi connectivity index (χ3v) is 11.4. The van der Waals surface area contributed by atoms with E-state index in [1.807, 2.05) is 0 Å². The number of esters is 1. The molecule has 4 aliphatic rings. The van der Waals surface area contributed by atoms with E-state index in [2.05, 4.69) is 5.32 Å². The molecule has 0 radical (unpaired) electrons. The average molecular weight is 700 g/mol. The summed E-state index contributed by atoms with van der Waals surface area (Å²) in [5.41, 5.74) is 8.60. The zero-order valence-corrected chi connectivity index (χ0v) is 27.6. The van der Waals surface area contributed by atoms with Gasteiger partial charge in [0.05, 0.1) is 47.1 Å². The maximum atomic E-state index is 15.0. The maximum Gasteiger partial charge on any atom is 0.509 e. The van der Waals surface area contributed by atoms with Crippen LogP contribution in [0, 0.1) is 12.7 Å². The quantitative estimate of drug-likeness (QED) is 0.219. The molecule has 1 amide bonds. The van der Waals surface area contributed by atoms with E-state index in [1.54, 1.807) is 19.9 Å². The zero-order chi connectivity index (χ0) is 34.8. The van der Waals surface area contributed by atoms with Crippen molar-refractivity contribution in [3.63, 3.8) is 0 Å². The summed E-state index contributed by atoms with van der Waals surface area (Å²) in [7, 11) is -3.15. The normalized spacial score (nSPS) is 22.0. The Labute approximate surface area is 279 Å². The van der Waals surface area contributed by atoms with Crippen LogP contribution in [0.3, 0.4) is 0 Å². The van der Waals surface area contributed by atoms with Crippen molar-refractivity contribution in [3.8, 4) is 11.4 Å². The molecular formula is C32H34FN5O10S. The predicted molar refractivity (Wildman–Crippen MR) is 169 cm³/mol. The highest BCUT2D eigenvalue weighted by atomic mass is 32.2. The Morgan fingerprint density at radius 2 is 1.94 bits per heavy atom. The number of amides is 1. The number of benzene rings is 1. The molecule has 3 aliphatic heterocycles. The van der Waals surface area contributed by atoms with Gasteiger partial charge >= 0.3 is 18.2 Å². The molecule has 15 nitrogen and oxygen atoms in total. The van der Waals surface area contributed by atoms with Gasteiger partial charge in [-0.1, -0.05) is 6.92 Å². The zero-order valence-electron chi connectivity index (χ0n) is 26.8. The number of aromatic nitrogens is 2. The van der Waals surface area contributed by atoms with E-state index < -0.39 is 39.2 Å². The summed E-state index contributed by atoms with van der Waals surface area (Å²) in [6, 6.07) is 2.61. The number of cyclic esters (lactones) is 1. The monoisotopic (exact) mass is 699 g/mol. The minimum absolute atomic E-state index is 0.0359. The van der Waals surface area contributed by atoms with E-state index in [1.165, 1.54) is 15.7 Å². The molecule has 1 aromatic carbocycles. The van der Waals surface area contributed by atoms with Gasteiger partial charge in [0.2, 0.25) is 5.60 Å². The lowest BCUT2D eigenvalue weighted by atomic mass is 9.82. The average Bonchev–Trinajstić information content (AvgIpc) is 3.43. The second-order valence-electron chi connectivity index (χ2n) is 12.5. The first kappa shape index (κ1) is 32.9. The lowest BCUT2D eigenvalue weighted by molar-refractivity contribution is -0.175. The van der Waals surface area contributed by atoms with Gasteiger partial charge in [0, 0.05) is 41.7 Å². The molecule has 0 bridgehead atoms. The number of carbonyl (C=O) groups excluding carboxylic acids is 3. The molecule has 1 aliphatic carbocycles. The van der Waals surface area contributed by atoms with Gasteiger partial charge in [-0.15, -0.1) is 5.06 Å². The van der Waals surface area contributed by atoms with Gasteiger partial charge in [-0.3, -0.25) is 4.79 Å². The molecule has 3 aromatic rings. The number of hydrogen-bond donors (Lipinski definition) is 2. The van der Waals surface area contributed by atoms with Crippen LogP contribution in [0.5, 0.6) is 0 Å². The van der Waals surface area contributed by atoms with Crippen LogP contribution in [0.25, 0.3) is 22.3 Å².